The number of aryl methyl sites for hydroxylation is 1. The summed E-state index contributed by atoms with van der Waals surface area (Å²) in [6.45, 7) is 1.74. The minimum absolute atomic E-state index is 0.00906. The average molecular weight is 440 g/mol. The van der Waals surface area contributed by atoms with Gasteiger partial charge in [-0.3, -0.25) is 9.59 Å². The second-order valence-electron chi connectivity index (χ2n) is 6.67. The van der Waals surface area contributed by atoms with Gasteiger partial charge in [-0.05, 0) is 37.3 Å². The summed E-state index contributed by atoms with van der Waals surface area (Å²) in [6, 6.07) is 14.7. The molecule has 0 saturated carbocycles. The number of hydrogen-bond acceptors (Lipinski definition) is 6. The van der Waals surface area contributed by atoms with Gasteiger partial charge in [-0.1, -0.05) is 23.7 Å². The number of para-hydroxylation sites is 1. The summed E-state index contributed by atoms with van der Waals surface area (Å²) in [5.74, 6) is 1.01. The van der Waals surface area contributed by atoms with Crippen LogP contribution in [-0.4, -0.2) is 22.6 Å². The third-order valence-electron chi connectivity index (χ3n) is 4.44. The molecule has 2 aromatic carbocycles. The van der Waals surface area contributed by atoms with Crippen molar-refractivity contribution in [2.75, 3.05) is 12.4 Å². The van der Waals surface area contributed by atoms with E-state index in [2.05, 4.69) is 10.3 Å². The van der Waals surface area contributed by atoms with Gasteiger partial charge in [0.25, 0.3) is 11.5 Å². The van der Waals surface area contributed by atoms with E-state index in [9.17, 15) is 9.59 Å². The van der Waals surface area contributed by atoms with Crippen molar-refractivity contribution in [3.8, 4) is 11.5 Å². The number of aromatic nitrogens is 2. The summed E-state index contributed by atoms with van der Waals surface area (Å²) >= 11 is 6.11. The number of halogens is 1. The van der Waals surface area contributed by atoms with Gasteiger partial charge in [0.05, 0.1) is 24.1 Å². The molecule has 0 saturated heterocycles. The lowest BCUT2D eigenvalue weighted by Gasteiger charge is -2.14. The average Bonchev–Trinajstić information content (AvgIpc) is 3.14. The number of carbonyl (C=O) groups excluding carboxylic acids is 1. The minimum Gasteiger partial charge on any atom is -0.496 e. The van der Waals surface area contributed by atoms with Crippen molar-refractivity contribution in [3.63, 3.8) is 0 Å². The van der Waals surface area contributed by atoms with Crippen LogP contribution in [0.15, 0.2) is 63.9 Å². The van der Waals surface area contributed by atoms with E-state index >= 15 is 0 Å². The van der Waals surface area contributed by atoms with Gasteiger partial charge in [0.15, 0.2) is 5.65 Å². The number of rotatable bonds is 6. The molecule has 0 fully saturated rings. The number of fused-ring (bicyclic) bond motifs is 1. The molecule has 0 bridgehead atoms. The highest BCUT2D eigenvalue weighted by Gasteiger charge is 2.15. The zero-order valence-corrected chi connectivity index (χ0v) is 17.5. The number of anilines is 1. The summed E-state index contributed by atoms with van der Waals surface area (Å²) in [5.41, 5.74) is 1.21. The van der Waals surface area contributed by atoms with E-state index in [0.717, 1.165) is 4.57 Å². The molecule has 0 atom stereocenters. The van der Waals surface area contributed by atoms with E-state index in [1.165, 1.54) is 13.2 Å². The molecular formula is C22H18ClN3O5. The second kappa shape index (κ2) is 8.53. The summed E-state index contributed by atoms with van der Waals surface area (Å²) in [7, 11) is 1.49. The van der Waals surface area contributed by atoms with Crippen molar-refractivity contribution in [2.24, 2.45) is 0 Å². The molecule has 0 aliphatic rings. The molecule has 0 spiro atoms. The third-order valence-corrected chi connectivity index (χ3v) is 4.68. The molecule has 0 radical (unpaired) electrons. The van der Waals surface area contributed by atoms with Crippen LogP contribution in [0.25, 0.3) is 5.65 Å². The summed E-state index contributed by atoms with van der Waals surface area (Å²) < 4.78 is 17.5. The van der Waals surface area contributed by atoms with Crippen LogP contribution in [0.3, 0.4) is 0 Å². The molecule has 1 N–H and O–H groups in total. The molecule has 158 valence electrons. The maximum Gasteiger partial charge on any atom is 0.287 e. The highest BCUT2D eigenvalue weighted by Crippen LogP contribution is 2.30. The van der Waals surface area contributed by atoms with Crippen LogP contribution in [0, 0.1) is 6.92 Å². The Labute approximate surface area is 182 Å². The second-order valence-corrected chi connectivity index (χ2v) is 7.10. The van der Waals surface area contributed by atoms with E-state index in [1.54, 1.807) is 55.5 Å². The Morgan fingerprint density at radius 2 is 1.97 bits per heavy atom. The van der Waals surface area contributed by atoms with Gasteiger partial charge < -0.3 is 19.3 Å². The number of nitrogens with one attached hydrogen (secondary N) is 1. The summed E-state index contributed by atoms with van der Waals surface area (Å²) in [5, 5.41) is 3.22. The molecule has 2 heterocycles. The van der Waals surface area contributed by atoms with E-state index in [4.69, 9.17) is 25.6 Å². The molecule has 0 aliphatic heterocycles. The van der Waals surface area contributed by atoms with Crippen LogP contribution in [0.5, 0.6) is 11.5 Å². The number of methoxy groups -OCH3 is 1. The van der Waals surface area contributed by atoms with Gasteiger partial charge >= 0.3 is 0 Å². The maximum absolute atomic E-state index is 12.8. The lowest BCUT2D eigenvalue weighted by Crippen LogP contribution is -2.15. The Morgan fingerprint density at radius 1 is 1.16 bits per heavy atom. The molecule has 0 unspecified atom stereocenters. The van der Waals surface area contributed by atoms with E-state index in [0.29, 0.717) is 44.9 Å². The molecule has 0 aliphatic carbocycles. The first-order valence-electron chi connectivity index (χ1n) is 9.31. The van der Waals surface area contributed by atoms with Crippen molar-refractivity contribution in [1.29, 1.82) is 0 Å². The fourth-order valence-corrected chi connectivity index (χ4v) is 3.22. The number of benzene rings is 2. The lowest BCUT2D eigenvalue weighted by molar-refractivity contribution is 0.102. The Morgan fingerprint density at radius 3 is 2.77 bits per heavy atom. The van der Waals surface area contributed by atoms with Crippen molar-refractivity contribution in [2.45, 2.75) is 13.5 Å². The van der Waals surface area contributed by atoms with Gasteiger partial charge in [-0.25, -0.2) is 4.98 Å². The highest BCUT2D eigenvalue weighted by molar-refractivity contribution is 6.31. The van der Waals surface area contributed by atoms with E-state index in [1.807, 2.05) is 0 Å². The van der Waals surface area contributed by atoms with Gasteiger partial charge in [0.1, 0.15) is 23.9 Å². The standard InChI is InChI=1S/C22H18ClN3O5/c1-13-9-20-24-15(11-21(27)26(20)31-13)12-30-19-8-7-14(23)10-17(19)25-22(28)16-5-3-4-6-18(16)29-2/h3-11H,12H2,1-2H3,(H,25,28). The molecule has 31 heavy (non-hydrogen) atoms. The number of nitrogens with zero attached hydrogens (tertiary/aromatic N) is 2. The van der Waals surface area contributed by atoms with Gasteiger partial charge in [-0.15, -0.1) is 4.57 Å². The number of amides is 1. The van der Waals surface area contributed by atoms with Crippen LogP contribution < -0.4 is 20.3 Å². The van der Waals surface area contributed by atoms with Crippen LogP contribution >= 0.6 is 11.6 Å². The van der Waals surface area contributed by atoms with Gasteiger partial charge in [-0.2, -0.15) is 0 Å². The third kappa shape index (κ3) is 4.39. The van der Waals surface area contributed by atoms with E-state index in [-0.39, 0.29) is 18.1 Å². The Balaban J connectivity index is 1.57. The summed E-state index contributed by atoms with van der Waals surface area (Å²) in [4.78, 5) is 29.3. The highest BCUT2D eigenvalue weighted by atomic mass is 35.5. The van der Waals surface area contributed by atoms with E-state index < -0.39 is 0 Å². The molecule has 1 amide bonds. The number of hydrogen-bond donors (Lipinski definition) is 1. The van der Waals surface area contributed by atoms with Gasteiger partial charge in [0.2, 0.25) is 0 Å². The summed E-state index contributed by atoms with van der Waals surface area (Å²) in [6.07, 6.45) is 0. The van der Waals surface area contributed by atoms with Crippen LogP contribution in [0.4, 0.5) is 5.69 Å². The molecule has 2 aromatic heterocycles. The minimum atomic E-state index is -0.378. The first-order chi connectivity index (χ1) is 14.9. The number of ether oxygens (including phenoxy) is 2. The SMILES string of the molecule is COc1ccccc1C(=O)Nc1cc(Cl)ccc1OCc1cc(=O)n2oc(C)cc2n1. The Kier molecular flexibility index (Phi) is 5.64. The predicted molar refractivity (Wildman–Crippen MR) is 115 cm³/mol. The molecular weight excluding hydrogens is 422 g/mol. The predicted octanol–water partition coefficient (Wildman–Crippen LogP) is 4.09. The molecule has 8 nitrogen and oxygen atoms in total. The molecule has 4 aromatic rings. The van der Waals surface area contributed by atoms with Crippen molar-refractivity contribution >= 4 is 28.8 Å². The number of carbonyl (C=O) groups is 1. The maximum atomic E-state index is 12.8. The smallest absolute Gasteiger partial charge is 0.287 e. The van der Waals surface area contributed by atoms with Crippen LogP contribution in [0.1, 0.15) is 21.8 Å². The Hall–Kier alpha value is -3.78. The van der Waals surface area contributed by atoms with Crippen LogP contribution in [0.2, 0.25) is 5.02 Å². The molecule has 9 heteroatoms. The zero-order chi connectivity index (χ0) is 22.0. The first-order valence-corrected chi connectivity index (χ1v) is 9.69. The van der Waals surface area contributed by atoms with Gasteiger partial charge in [0, 0.05) is 17.2 Å². The zero-order valence-electron chi connectivity index (χ0n) is 16.7. The molecule has 4 rings (SSSR count). The monoisotopic (exact) mass is 439 g/mol. The quantitative estimate of drug-likeness (QED) is 0.486. The Bertz CT molecular complexity index is 1330. The fraction of sp³-hybridized carbons (Fsp3) is 0.136. The topological polar surface area (TPSA) is 95.1 Å². The van der Waals surface area contributed by atoms with Crippen molar-refractivity contribution in [1.82, 2.24) is 9.56 Å². The van der Waals surface area contributed by atoms with Crippen molar-refractivity contribution in [3.05, 3.63) is 87.0 Å². The van der Waals surface area contributed by atoms with Crippen molar-refractivity contribution < 1.29 is 18.8 Å². The normalized spacial score (nSPS) is 10.8. The van der Waals surface area contributed by atoms with Crippen LogP contribution in [-0.2, 0) is 6.61 Å². The fourth-order valence-electron chi connectivity index (χ4n) is 3.05. The first kappa shape index (κ1) is 20.5. The lowest BCUT2D eigenvalue weighted by atomic mass is 10.2. The largest absolute Gasteiger partial charge is 0.496 e.